The van der Waals surface area contributed by atoms with Gasteiger partial charge < -0.3 is 15.5 Å². The summed E-state index contributed by atoms with van der Waals surface area (Å²) in [7, 11) is 0. The second-order valence-electron chi connectivity index (χ2n) is 6.92. The Labute approximate surface area is 158 Å². The minimum Gasteiger partial charge on any atom is -0.336 e. The summed E-state index contributed by atoms with van der Waals surface area (Å²) in [4.78, 5) is 26.0. The van der Waals surface area contributed by atoms with Crippen molar-refractivity contribution in [3.8, 4) is 0 Å². The molecule has 0 radical (unpaired) electrons. The van der Waals surface area contributed by atoms with E-state index in [0.717, 1.165) is 12.8 Å². The van der Waals surface area contributed by atoms with Crippen LogP contribution in [0.4, 0.5) is 14.9 Å². The molecular weight excluding hydrogens is 345 g/mol. The third kappa shape index (κ3) is 5.29. The van der Waals surface area contributed by atoms with Crippen LogP contribution in [0.15, 0.2) is 54.6 Å². The number of urea groups is 1. The van der Waals surface area contributed by atoms with E-state index in [9.17, 15) is 14.0 Å². The Kier molecular flexibility index (Phi) is 6.06. The van der Waals surface area contributed by atoms with E-state index in [0.29, 0.717) is 12.2 Å². The van der Waals surface area contributed by atoms with Crippen LogP contribution in [0.1, 0.15) is 25.3 Å². The zero-order valence-corrected chi connectivity index (χ0v) is 15.3. The van der Waals surface area contributed by atoms with Gasteiger partial charge in [-0.2, -0.15) is 0 Å². The molecule has 3 rings (SSSR count). The van der Waals surface area contributed by atoms with Crippen LogP contribution < -0.4 is 15.5 Å². The molecule has 2 aromatic carbocycles. The van der Waals surface area contributed by atoms with Crippen molar-refractivity contribution in [2.45, 2.75) is 38.3 Å². The van der Waals surface area contributed by atoms with Crippen LogP contribution >= 0.6 is 0 Å². The number of amides is 3. The van der Waals surface area contributed by atoms with E-state index in [2.05, 4.69) is 22.8 Å². The van der Waals surface area contributed by atoms with Crippen molar-refractivity contribution in [3.63, 3.8) is 0 Å². The normalized spacial score (nSPS) is 17.6. The number of nitrogens with zero attached hydrogens (tertiary/aromatic N) is 1. The van der Waals surface area contributed by atoms with E-state index in [1.807, 2.05) is 25.1 Å². The summed E-state index contributed by atoms with van der Waals surface area (Å²) in [5, 5.41) is 5.79. The molecule has 0 aliphatic carbocycles. The molecule has 1 aliphatic heterocycles. The number of aryl methyl sites for hydroxylation is 1. The third-order valence-corrected chi connectivity index (χ3v) is 4.68. The molecule has 6 heteroatoms. The van der Waals surface area contributed by atoms with Crippen molar-refractivity contribution in [1.29, 1.82) is 0 Å². The van der Waals surface area contributed by atoms with Gasteiger partial charge in [-0.1, -0.05) is 30.3 Å². The molecule has 1 aliphatic rings. The number of benzene rings is 2. The summed E-state index contributed by atoms with van der Waals surface area (Å²) >= 11 is 0. The van der Waals surface area contributed by atoms with Crippen LogP contribution in [0, 0.1) is 5.82 Å². The van der Waals surface area contributed by atoms with Gasteiger partial charge in [-0.15, -0.1) is 0 Å². The number of hydrogen-bond donors (Lipinski definition) is 2. The third-order valence-electron chi connectivity index (χ3n) is 4.68. The number of anilines is 1. The van der Waals surface area contributed by atoms with Gasteiger partial charge in [-0.3, -0.25) is 4.79 Å². The smallest absolute Gasteiger partial charge is 0.315 e. The molecule has 3 amide bonds. The Hall–Kier alpha value is -2.89. The minimum absolute atomic E-state index is 0.0236. The van der Waals surface area contributed by atoms with E-state index >= 15 is 0 Å². The Morgan fingerprint density at radius 2 is 1.89 bits per heavy atom. The van der Waals surface area contributed by atoms with E-state index in [-0.39, 0.29) is 36.3 Å². The van der Waals surface area contributed by atoms with Gasteiger partial charge in [0.25, 0.3) is 0 Å². The molecule has 1 saturated heterocycles. The lowest BCUT2D eigenvalue weighted by atomic mass is 10.1. The first kappa shape index (κ1) is 18.9. The topological polar surface area (TPSA) is 61.4 Å². The largest absolute Gasteiger partial charge is 0.336 e. The van der Waals surface area contributed by atoms with Gasteiger partial charge in [-0.05, 0) is 49.6 Å². The van der Waals surface area contributed by atoms with Gasteiger partial charge in [0.2, 0.25) is 5.91 Å². The van der Waals surface area contributed by atoms with Crippen molar-refractivity contribution in [2.24, 2.45) is 0 Å². The Morgan fingerprint density at radius 3 is 2.59 bits per heavy atom. The summed E-state index contributed by atoms with van der Waals surface area (Å²) in [6.07, 6.45) is 1.97. The molecule has 142 valence electrons. The zero-order chi connectivity index (χ0) is 19.2. The molecule has 1 fully saturated rings. The van der Waals surface area contributed by atoms with E-state index in [1.165, 1.54) is 17.7 Å². The SMILES string of the molecule is CC(CCc1ccccc1)NC(=O)NC1CC(=O)N(c2ccc(F)cc2)C1. The predicted molar refractivity (Wildman–Crippen MR) is 103 cm³/mol. The number of hydrogen-bond acceptors (Lipinski definition) is 2. The fraction of sp³-hybridized carbons (Fsp3) is 0.333. The summed E-state index contributed by atoms with van der Waals surface area (Å²) < 4.78 is 13.0. The van der Waals surface area contributed by atoms with Crippen molar-refractivity contribution < 1.29 is 14.0 Å². The first-order chi connectivity index (χ1) is 13.0. The lowest BCUT2D eigenvalue weighted by molar-refractivity contribution is -0.117. The Bertz CT molecular complexity index is 780. The second kappa shape index (κ2) is 8.66. The number of rotatable bonds is 6. The number of nitrogens with one attached hydrogen (secondary N) is 2. The van der Waals surface area contributed by atoms with Gasteiger partial charge in [-0.25, -0.2) is 9.18 Å². The fourth-order valence-electron chi connectivity index (χ4n) is 3.23. The molecule has 5 nitrogen and oxygen atoms in total. The molecule has 0 aromatic heterocycles. The summed E-state index contributed by atoms with van der Waals surface area (Å²) in [5.74, 6) is -0.423. The van der Waals surface area contributed by atoms with Crippen LogP contribution in [0.3, 0.4) is 0 Å². The summed E-state index contributed by atoms with van der Waals surface area (Å²) in [5.41, 5.74) is 1.88. The Morgan fingerprint density at radius 1 is 1.19 bits per heavy atom. The van der Waals surface area contributed by atoms with Crippen LogP contribution in [0.5, 0.6) is 0 Å². The van der Waals surface area contributed by atoms with Gasteiger partial charge in [0.1, 0.15) is 5.82 Å². The lowest BCUT2D eigenvalue weighted by Crippen LogP contribution is -2.46. The highest BCUT2D eigenvalue weighted by Gasteiger charge is 2.31. The van der Waals surface area contributed by atoms with Gasteiger partial charge in [0.05, 0.1) is 6.04 Å². The summed E-state index contributed by atoms with van der Waals surface area (Å²) in [6, 6.07) is 15.4. The van der Waals surface area contributed by atoms with Crippen molar-refractivity contribution in [2.75, 3.05) is 11.4 Å². The maximum atomic E-state index is 13.0. The molecule has 0 spiro atoms. The van der Waals surface area contributed by atoms with Crippen LogP contribution in [-0.2, 0) is 11.2 Å². The highest BCUT2D eigenvalue weighted by atomic mass is 19.1. The van der Waals surface area contributed by atoms with Crippen molar-refractivity contribution in [3.05, 3.63) is 66.0 Å². The molecule has 0 bridgehead atoms. The molecular formula is C21H24FN3O2. The second-order valence-corrected chi connectivity index (χ2v) is 6.92. The van der Waals surface area contributed by atoms with E-state index < -0.39 is 0 Å². The van der Waals surface area contributed by atoms with Gasteiger partial charge in [0.15, 0.2) is 0 Å². The molecule has 0 saturated carbocycles. The Balaban J connectivity index is 1.45. The molecule has 2 atom stereocenters. The maximum Gasteiger partial charge on any atom is 0.315 e. The first-order valence-corrected chi connectivity index (χ1v) is 9.18. The average molecular weight is 369 g/mol. The molecule has 2 N–H and O–H groups in total. The predicted octanol–water partition coefficient (Wildman–Crippen LogP) is 3.25. The van der Waals surface area contributed by atoms with Crippen LogP contribution in [0.25, 0.3) is 0 Å². The van der Waals surface area contributed by atoms with E-state index in [4.69, 9.17) is 0 Å². The maximum absolute atomic E-state index is 13.0. The minimum atomic E-state index is -0.344. The summed E-state index contributed by atoms with van der Waals surface area (Å²) in [6.45, 7) is 2.35. The fourth-order valence-corrected chi connectivity index (χ4v) is 3.23. The molecule has 27 heavy (non-hydrogen) atoms. The monoisotopic (exact) mass is 369 g/mol. The van der Waals surface area contributed by atoms with Crippen LogP contribution in [0.2, 0.25) is 0 Å². The van der Waals surface area contributed by atoms with Gasteiger partial charge in [0, 0.05) is 24.7 Å². The highest BCUT2D eigenvalue weighted by molar-refractivity contribution is 5.96. The quantitative estimate of drug-likeness (QED) is 0.821. The zero-order valence-electron chi connectivity index (χ0n) is 15.3. The van der Waals surface area contributed by atoms with Crippen LogP contribution in [-0.4, -0.2) is 30.6 Å². The van der Waals surface area contributed by atoms with Gasteiger partial charge >= 0.3 is 6.03 Å². The number of carbonyl (C=O) groups is 2. The number of carbonyl (C=O) groups excluding carboxylic acids is 2. The first-order valence-electron chi connectivity index (χ1n) is 9.18. The molecule has 2 aromatic rings. The molecule has 2 unspecified atom stereocenters. The van der Waals surface area contributed by atoms with Crippen molar-refractivity contribution >= 4 is 17.6 Å². The lowest BCUT2D eigenvalue weighted by Gasteiger charge is -2.19. The van der Waals surface area contributed by atoms with Crippen molar-refractivity contribution in [1.82, 2.24) is 10.6 Å². The van der Waals surface area contributed by atoms with E-state index in [1.54, 1.807) is 17.0 Å². The standard InChI is InChI=1S/C21H24FN3O2/c1-15(7-8-16-5-3-2-4-6-16)23-21(27)24-18-13-20(26)25(14-18)19-11-9-17(22)10-12-19/h2-6,9-12,15,18H,7-8,13-14H2,1H3,(H2,23,24,27). The number of halogens is 1. The highest BCUT2D eigenvalue weighted by Crippen LogP contribution is 2.21. The molecule has 1 heterocycles. The average Bonchev–Trinajstić information content (AvgIpc) is 3.01.